The molecule has 1 amide bonds. The fourth-order valence-corrected chi connectivity index (χ4v) is 4.15. The number of ether oxygens (including phenoxy) is 1. The van der Waals surface area contributed by atoms with Crippen molar-refractivity contribution >= 4 is 35.0 Å². The molecular formula is C20H24ClN5O2. The van der Waals surface area contributed by atoms with Gasteiger partial charge in [-0.2, -0.15) is 4.98 Å². The van der Waals surface area contributed by atoms with Gasteiger partial charge in [0.05, 0.1) is 12.6 Å². The van der Waals surface area contributed by atoms with Crippen LogP contribution in [0.5, 0.6) is 0 Å². The first-order valence-corrected chi connectivity index (χ1v) is 9.96. The Labute approximate surface area is 169 Å². The van der Waals surface area contributed by atoms with Gasteiger partial charge in [0.1, 0.15) is 5.82 Å². The second-order valence-electron chi connectivity index (χ2n) is 7.22. The van der Waals surface area contributed by atoms with Crippen LogP contribution in [0, 0.1) is 6.92 Å². The third-order valence-electron chi connectivity index (χ3n) is 5.22. The molecule has 0 radical (unpaired) electrons. The van der Waals surface area contributed by atoms with E-state index in [0.29, 0.717) is 24.7 Å². The lowest BCUT2D eigenvalue weighted by Gasteiger charge is -2.32. The maximum absolute atomic E-state index is 12.2. The highest BCUT2D eigenvalue weighted by Gasteiger charge is 2.29. The first kappa shape index (κ1) is 19.0. The van der Waals surface area contributed by atoms with Crippen LogP contribution < -0.4 is 15.5 Å². The average Bonchev–Trinajstić information content (AvgIpc) is 2.94. The number of anilines is 3. The highest BCUT2D eigenvalue weighted by molar-refractivity contribution is 6.31. The Hall–Kier alpha value is -2.38. The van der Waals surface area contributed by atoms with Crippen molar-refractivity contribution in [3.63, 3.8) is 0 Å². The van der Waals surface area contributed by atoms with E-state index in [9.17, 15) is 4.79 Å². The first-order valence-electron chi connectivity index (χ1n) is 9.58. The van der Waals surface area contributed by atoms with Crippen LogP contribution in [-0.2, 0) is 9.53 Å². The van der Waals surface area contributed by atoms with Crippen molar-refractivity contribution in [2.24, 2.45) is 0 Å². The Bertz CT molecular complexity index is 871. The third-order valence-corrected chi connectivity index (χ3v) is 5.56. The number of carbonyl (C=O) groups excluding carboxylic acids is 1. The zero-order valence-corrected chi connectivity index (χ0v) is 16.7. The van der Waals surface area contributed by atoms with E-state index in [1.165, 1.54) is 0 Å². The van der Waals surface area contributed by atoms with Crippen LogP contribution in [0.2, 0.25) is 5.02 Å². The lowest BCUT2D eigenvalue weighted by molar-refractivity contribution is -0.117. The van der Waals surface area contributed by atoms with Crippen molar-refractivity contribution in [1.29, 1.82) is 0 Å². The highest BCUT2D eigenvalue weighted by atomic mass is 35.5. The summed E-state index contributed by atoms with van der Waals surface area (Å²) in [7, 11) is 0. The molecule has 8 heteroatoms. The van der Waals surface area contributed by atoms with Gasteiger partial charge in [-0.05, 0) is 43.5 Å². The molecule has 1 aromatic carbocycles. The summed E-state index contributed by atoms with van der Waals surface area (Å²) >= 11 is 6.60. The molecule has 0 bridgehead atoms. The van der Waals surface area contributed by atoms with E-state index in [0.717, 1.165) is 48.7 Å². The number of aromatic nitrogens is 2. The molecule has 1 atom stereocenters. The molecule has 2 aliphatic heterocycles. The second kappa shape index (κ2) is 7.93. The van der Waals surface area contributed by atoms with E-state index < -0.39 is 0 Å². The summed E-state index contributed by atoms with van der Waals surface area (Å²) in [5.41, 5.74) is 8.51. The van der Waals surface area contributed by atoms with Gasteiger partial charge in [0.2, 0.25) is 11.9 Å². The molecule has 0 spiro atoms. The summed E-state index contributed by atoms with van der Waals surface area (Å²) in [4.78, 5) is 24.8. The largest absolute Gasteiger partial charge is 0.379 e. The predicted octanol–water partition coefficient (Wildman–Crippen LogP) is 3.12. The number of aryl methyl sites for hydroxylation is 1. The molecule has 148 valence electrons. The highest BCUT2D eigenvalue weighted by Crippen LogP contribution is 2.36. The summed E-state index contributed by atoms with van der Waals surface area (Å²) in [6.07, 6.45) is 2.35. The van der Waals surface area contributed by atoms with Crippen LogP contribution in [0.25, 0.3) is 0 Å². The Morgan fingerprint density at radius 1 is 1.21 bits per heavy atom. The van der Waals surface area contributed by atoms with Crippen LogP contribution in [0.4, 0.5) is 17.5 Å². The number of amides is 1. The van der Waals surface area contributed by atoms with Crippen molar-refractivity contribution in [2.75, 3.05) is 41.8 Å². The summed E-state index contributed by atoms with van der Waals surface area (Å²) in [5.74, 6) is 1.17. The molecule has 2 aliphatic rings. The Morgan fingerprint density at radius 2 is 2.07 bits per heavy atom. The SMILES string of the molecule is Cc1cc(N2CCCOC[C@H]2c2cc(N3CCCC3=O)ccc2Cl)nc(N)n1. The molecule has 7 nitrogen and oxygen atoms in total. The second-order valence-corrected chi connectivity index (χ2v) is 7.63. The topological polar surface area (TPSA) is 84.6 Å². The zero-order valence-electron chi connectivity index (χ0n) is 15.9. The normalized spacial score (nSPS) is 20.5. The maximum Gasteiger partial charge on any atom is 0.227 e. The number of rotatable bonds is 3. The molecule has 3 heterocycles. The number of benzene rings is 1. The minimum absolute atomic E-state index is 0.124. The van der Waals surface area contributed by atoms with Gasteiger partial charge < -0.3 is 20.3 Å². The van der Waals surface area contributed by atoms with Gasteiger partial charge in [0.25, 0.3) is 0 Å². The number of carbonyl (C=O) groups is 1. The minimum Gasteiger partial charge on any atom is -0.379 e. The number of nitrogen functional groups attached to an aromatic ring is 1. The Balaban J connectivity index is 1.74. The predicted molar refractivity (Wildman–Crippen MR) is 110 cm³/mol. The first-order chi connectivity index (χ1) is 13.5. The molecule has 1 aromatic heterocycles. The van der Waals surface area contributed by atoms with Crippen LogP contribution >= 0.6 is 11.6 Å². The van der Waals surface area contributed by atoms with Crippen molar-refractivity contribution < 1.29 is 9.53 Å². The standard InChI is InChI=1S/C20H24ClN5O2/c1-13-10-18(24-20(22)23-13)26-8-3-9-28-12-17(26)15-11-14(5-6-16(15)21)25-7-2-4-19(25)27/h5-6,10-11,17H,2-4,7-9,12H2,1H3,(H2,22,23,24)/t17-/m0/s1. The van der Waals surface area contributed by atoms with E-state index in [1.54, 1.807) is 0 Å². The number of hydrogen-bond donors (Lipinski definition) is 1. The molecule has 2 saturated heterocycles. The lowest BCUT2D eigenvalue weighted by Crippen LogP contribution is -2.32. The molecule has 2 aromatic rings. The van der Waals surface area contributed by atoms with Crippen LogP contribution in [0.1, 0.15) is 36.6 Å². The summed E-state index contributed by atoms with van der Waals surface area (Å²) < 4.78 is 5.86. The number of hydrogen-bond acceptors (Lipinski definition) is 6. The van der Waals surface area contributed by atoms with E-state index in [-0.39, 0.29) is 17.9 Å². The summed E-state index contributed by atoms with van der Waals surface area (Å²) in [6.45, 7) is 4.57. The Morgan fingerprint density at radius 3 is 2.82 bits per heavy atom. The maximum atomic E-state index is 12.2. The van der Waals surface area contributed by atoms with Gasteiger partial charge in [-0.25, -0.2) is 4.98 Å². The molecule has 4 rings (SSSR count). The molecule has 0 saturated carbocycles. The molecule has 28 heavy (non-hydrogen) atoms. The van der Waals surface area contributed by atoms with Gasteiger partial charge in [-0.15, -0.1) is 0 Å². The van der Waals surface area contributed by atoms with Crippen LogP contribution in [0.3, 0.4) is 0 Å². The monoisotopic (exact) mass is 401 g/mol. The number of nitrogens with two attached hydrogens (primary N) is 1. The average molecular weight is 402 g/mol. The molecule has 0 unspecified atom stereocenters. The van der Waals surface area contributed by atoms with E-state index in [2.05, 4.69) is 14.9 Å². The van der Waals surface area contributed by atoms with Crippen molar-refractivity contribution in [3.8, 4) is 0 Å². The van der Waals surface area contributed by atoms with Gasteiger partial charge in [0, 0.05) is 48.6 Å². The lowest BCUT2D eigenvalue weighted by atomic mass is 10.0. The fourth-order valence-electron chi connectivity index (χ4n) is 3.91. The van der Waals surface area contributed by atoms with Crippen LogP contribution in [0.15, 0.2) is 24.3 Å². The van der Waals surface area contributed by atoms with E-state index in [1.807, 2.05) is 36.1 Å². The zero-order chi connectivity index (χ0) is 19.7. The third kappa shape index (κ3) is 3.77. The molecule has 0 aliphatic carbocycles. The molecule has 2 N–H and O–H groups in total. The minimum atomic E-state index is -0.124. The molecular weight excluding hydrogens is 378 g/mol. The van der Waals surface area contributed by atoms with Crippen LogP contribution in [-0.4, -0.2) is 42.2 Å². The Kier molecular flexibility index (Phi) is 5.37. The van der Waals surface area contributed by atoms with Crippen molar-refractivity contribution in [1.82, 2.24) is 9.97 Å². The smallest absolute Gasteiger partial charge is 0.227 e. The van der Waals surface area contributed by atoms with Gasteiger partial charge in [-0.3, -0.25) is 4.79 Å². The van der Waals surface area contributed by atoms with Crippen molar-refractivity contribution in [2.45, 2.75) is 32.2 Å². The van der Waals surface area contributed by atoms with Gasteiger partial charge in [-0.1, -0.05) is 11.6 Å². The van der Waals surface area contributed by atoms with Gasteiger partial charge in [0.15, 0.2) is 0 Å². The van der Waals surface area contributed by atoms with E-state index >= 15 is 0 Å². The van der Waals surface area contributed by atoms with Crippen molar-refractivity contribution in [3.05, 3.63) is 40.5 Å². The molecule has 2 fully saturated rings. The number of nitrogens with zero attached hydrogens (tertiary/aromatic N) is 4. The summed E-state index contributed by atoms with van der Waals surface area (Å²) in [6, 6.07) is 7.58. The van der Waals surface area contributed by atoms with E-state index in [4.69, 9.17) is 22.1 Å². The van der Waals surface area contributed by atoms with Gasteiger partial charge >= 0.3 is 0 Å². The number of halogens is 1. The quantitative estimate of drug-likeness (QED) is 0.850. The fraction of sp³-hybridized carbons (Fsp3) is 0.450. The summed E-state index contributed by atoms with van der Waals surface area (Å²) in [5, 5.41) is 0.648.